The molecule has 0 heterocycles. The summed E-state index contributed by atoms with van der Waals surface area (Å²) in [6.45, 7) is 2.81. The van der Waals surface area contributed by atoms with Gasteiger partial charge >= 0.3 is 0 Å². The molecule has 0 fully saturated rings. The van der Waals surface area contributed by atoms with Crippen molar-refractivity contribution in [2.24, 2.45) is 0 Å². The van der Waals surface area contributed by atoms with Crippen LogP contribution < -0.4 is 4.74 Å². The molecule has 0 N–H and O–H groups in total. The molecule has 1 rings (SSSR count). The topological polar surface area (TPSA) is 9.23 Å². The summed E-state index contributed by atoms with van der Waals surface area (Å²) >= 11 is 0. The van der Waals surface area contributed by atoms with Gasteiger partial charge in [0.05, 0.1) is 0 Å². The number of hydrogen-bond acceptors (Lipinski definition) is 1. The van der Waals surface area contributed by atoms with E-state index in [1.165, 1.54) is 0 Å². The number of para-hydroxylation sites is 1. The molecule has 86 valence electrons. The van der Waals surface area contributed by atoms with E-state index in [1.807, 2.05) is 30.3 Å². The lowest BCUT2D eigenvalue weighted by Crippen LogP contribution is -1.92. The Morgan fingerprint density at radius 3 is 2.31 bits per heavy atom. The maximum absolute atomic E-state index is 5.53. The minimum atomic E-state index is 0.654. The lowest BCUT2D eigenvalue weighted by molar-refractivity contribution is 0.362. The van der Waals surface area contributed by atoms with E-state index in [9.17, 15) is 0 Å². The summed E-state index contributed by atoms with van der Waals surface area (Å²) in [6.07, 6.45) is 12.0. The van der Waals surface area contributed by atoms with Crippen molar-refractivity contribution in [3.63, 3.8) is 0 Å². The molecule has 0 aliphatic carbocycles. The van der Waals surface area contributed by atoms with Crippen molar-refractivity contribution in [2.75, 3.05) is 6.61 Å². The number of unbranched alkanes of at least 4 members (excludes halogenated alkanes) is 1. The Hall–Kier alpha value is -1.50. The van der Waals surface area contributed by atoms with Gasteiger partial charge in [-0.3, -0.25) is 0 Å². The minimum absolute atomic E-state index is 0.654. The Labute approximate surface area is 98.5 Å². The highest BCUT2D eigenvalue weighted by atomic mass is 16.5. The van der Waals surface area contributed by atoms with E-state index in [0.717, 1.165) is 25.0 Å². The molecule has 1 nitrogen and oxygen atoms in total. The molecule has 1 heteroatoms. The maximum atomic E-state index is 5.53. The largest absolute Gasteiger partial charge is 0.490 e. The van der Waals surface area contributed by atoms with Gasteiger partial charge in [0.25, 0.3) is 0 Å². The third-order valence-electron chi connectivity index (χ3n) is 2.16. The zero-order valence-corrected chi connectivity index (χ0v) is 9.93. The first-order valence-electron chi connectivity index (χ1n) is 5.91. The predicted molar refractivity (Wildman–Crippen MR) is 69.7 cm³/mol. The summed E-state index contributed by atoms with van der Waals surface area (Å²) in [7, 11) is 0. The molecule has 1 aromatic carbocycles. The number of benzene rings is 1. The zero-order valence-electron chi connectivity index (χ0n) is 9.93. The molecule has 16 heavy (non-hydrogen) atoms. The van der Waals surface area contributed by atoms with Gasteiger partial charge in [0.2, 0.25) is 0 Å². The van der Waals surface area contributed by atoms with Gasteiger partial charge in [0, 0.05) is 0 Å². The van der Waals surface area contributed by atoms with Gasteiger partial charge in [-0.05, 0) is 31.4 Å². The van der Waals surface area contributed by atoms with Crippen LogP contribution in [-0.4, -0.2) is 6.61 Å². The minimum Gasteiger partial charge on any atom is -0.490 e. The Kier molecular flexibility index (Phi) is 6.90. The Balaban J connectivity index is 2.07. The van der Waals surface area contributed by atoms with Crippen molar-refractivity contribution in [2.45, 2.75) is 26.2 Å². The normalized spacial score (nSPS) is 11.3. The molecule has 0 aromatic heterocycles. The van der Waals surface area contributed by atoms with Gasteiger partial charge in [0.15, 0.2) is 0 Å². The monoisotopic (exact) mass is 216 g/mol. The molecule has 0 aliphatic heterocycles. The fraction of sp³-hybridized carbons (Fsp3) is 0.333. The summed E-state index contributed by atoms with van der Waals surface area (Å²) in [4.78, 5) is 0. The smallest absolute Gasteiger partial charge is 0.119 e. The summed E-state index contributed by atoms with van der Waals surface area (Å²) in [5.41, 5.74) is 0. The van der Waals surface area contributed by atoms with Crippen LogP contribution >= 0.6 is 0 Å². The van der Waals surface area contributed by atoms with Crippen LogP contribution in [0.15, 0.2) is 54.6 Å². The fourth-order valence-electron chi connectivity index (χ4n) is 1.32. The summed E-state index contributed by atoms with van der Waals surface area (Å²) in [5, 5.41) is 0. The summed E-state index contributed by atoms with van der Waals surface area (Å²) < 4.78 is 5.53. The second-order valence-electron chi connectivity index (χ2n) is 3.55. The molecule has 0 aliphatic rings. The second kappa shape index (κ2) is 8.78. The van der Waals surface area contributed by atoms with Crippen molar-refractivity contribution in [3.8, 4) is 5.75 Å². The maximum Gasteiger partial charge on any atom is 0.119 e. The van der Waals surface area contributed by atoms with Crippen molar-refractivity contribution < 1.29 is 4.74 Å². The van der Waals surface area contributed by atoms with Crippen LogP contribution in [0.4, 0.5) is 0 Å². The van der Waals surface area contributed by atoms with Crippen molar-refractivity contribution in [3.05, 3.63) is 54.6 Å². The third-order valence-corrected chi connectivity index (χ3v) is 2.16. The zero-order chi connectivity index (χ0) is 11.5. The molecule has 0 atom stereocenters. The molecule has 0 spiro atoms. The van der Waals surface area contributed by atoms with Crippen molar-refractivity contribution in [1.82, 2.24) is 0 Å². The molecule has 0 amide bonds. The number of ether oxygens (including phenoxy) is 1. The van der Waals surface area contributed by atoms with E-state index in [2.05, 4.69) is 31.2 Å². The Bertz CT molecular complexity index is 311. The van der Waals surface area contributed by atoms with Crippen molar-refractivity contribution >= 4 is 0 Å². The van der Waals surface area contributed by atoms with Crippen LogP contribution in [-0.2, 0) is 0 Å². The quantitative estimate of drug-likeness (QED) is 0.486. The average Bonchev–Trinajstić information content (AvgIpc) is 2.34. The van der Waals surface area contributed by atoms with Crippen LogP contribution in [0.25, 0.3) is 0 Å². The Morgan fingerprint density at radius 1 is 0.938 bits per heavy atom. The predicted octanol–water partition coefficient (Wildman–Crippen LogP) is 4.37. The molecule has 0 bridgehead atoms. The van der Waals surface area contributed by atoms with Gasteiger partial charge in [-0.25, -0.2) is 0 Å². The van der Waals surface area contributed by atoms with E-state index >= 15 is 0 Å². The molecule has 0 radical (unpaired) electrons. The SMILES string of the molecule is CC/C=C\CC/C=C/COc1ccccc1. The van der Waals surface area contributed by atoms with E-state index in [-0.39, 0.29) is 0 Å². The molecule has 0 unspecified atom stereocenters. The van der Waals surface area contributed by atoms with E-state index < -0.39 is 0 Å². The van der Waals surface area contributed by atoms with Gasteiger partial charge in [-0.2, -0.15) is 0 Å². The molecular weight excluding hydrogens is 196 g/mol. The molecular formula is C15H20O. The van der Waals surface area contributed by atoms with Crippen molar-refractivity contribution in [1.29, 1.82) is 0 Å². The lowest BCUT2D eigenvalue weighted by Gasteiger charge is -2.01. The van der Waals surface area contributed by atoms with Gasteiger partial charge < -0.3 is 4.74 Å². The number of rotatable bonds is 7. The highest BCUT2D eigenvalue weighted by molar-refractivity contribution is 5.21. The summed E-state index contributed by atoms with van der Waals surface area (Å²) in [6, 6.07) is 9.89. The van der Waals surface area contributed by atoms with Gasteiger partial charge in [-0.15, -0.1) is 0 Å². The fourth-order valence-corrected chi connectivity index (χ4v) is 1.32. The van der Waals surface area contributed by atoms with Crippen LogP contribution in [0.3, 0.4) is 0 Å². The second-order valence-corrected chi connectivity index (χ2v) is 3.55. The first-order chi connectivity index (χ1) is 7.93. The Morgan fingerprint density at radius 2 is 1.62 bits per heavy atom. The van der Waals surface area contributed by atoms with Gasteiger partial charge in [-0.1, -0.05) is 49.4 Å². The highest BCUT2D eigenvalue weighted by Crippen LogP contribution is 2.07. The molecule has 0 saturated carbocycles. The van der Waals surface area contributed by atoms with Crippen LogP contribution in [0.5, 0.6) is 5.75 Å². The first-order valence-corrected chi connectivity index (χ1v) is 5.91. The van der Waals surface area contributed by atoms with Crippen LogP contribution in [0, 0.1) is 0 Å². The standard InChI is InChI=1S/C15H20O/c1-2-3-4-5-6-7-11-14-16-15-12-9-8-10-13-15/h3-4,7-13H,2,5-6,14H2,1H3/b4-3-,11-7+. The van der Waals surface area contributed by atoms with E-state index in [0.29, 0.717) is 6.61 Å². The third kappa shape index (κ3) is 6.07. The van der Waals surface area contributed by atoms with Gasteiger partial charge in [0.1, 0.15) is 12.4 Å². The molecule has 1 aromatic rings. The number of allylic oxidation sites excluding steroid dienone is 3. The molecule has 0 saturated heterocycles. The van der Waals surface area contributed by atoms with E-state index in [1.54, 1.807) is 0 Å². The number of hydrogen-bond donors (Lipinski definition) is 0. The average molecular weight is 216 g/mol. The summed E-state index contributed by atoms with van der Waals surface area (Å²) in [5.74, 6) is 0.929. The van der Waals surface area contributed by atoms with E-state index in [4.69, 9.17) is 4.74 Å². The van der Waals surface area contributed by atoms with Crippen LogP contribution in [0.1, 0.15) is 26.2 Å². The highest BCUT2D eigenvalue weighted by Gasteiger charge is 1.86. The lowest BCUT2D eigenvalue weighted by atomic mass is 10.2. The van der Waals surface area contributed by atoms with Crippen LogP contribution in [0.2, 0.25) is 0 Å². The first kappa shape index (κ1) is 12.6.